The minimum Gasteiger partial charge on any atom is -0.381 e. The summed E-state index contributed by atoms with van der Waals surface area (Å²) in [4.78, 5) is -0.131. The molecule has 3 N–H and O–H groups in total. The second-order valence-corrected chi connectivity index (χ2v) is 6.02. The average molecular weight is 312 g/mol. The second-order valence-electron chi connectivity index (χ2n) is 3.96. The molecule has 7 nitrogen and oxygen atoms in total. The number of nitrogens with two attached hydrogens (primary N) is 1. The Kier molecular flexibility index (Phi) is 3.57. The smallest absolute Gasteiger partial charge is 0.267 e. The first-order valence-electron chi connectivity index (χ1n) is 5.35. The average Bonchev–Trinajstić information content (AvgIpc) is 2.71. The molecule has 1 aromatic heterocycles. The van der Waals surface area contributed by atoms with Gasteiger partial charge in [-0.05, 0) is 18.2 Å². The van der Waals surface area contributed by atoms with E-state index < -0.39 is 10.0 Å². The first-order valence-corrected chi connectivity index (χ1v) is 7.21. The molecule has 9 heteroatoms. The maximum absolute atomic E-state index is 12.2. The molecule has 0 amide bonds. The third-order valence-electron chi connectivity index (χ3n) is 2.45. The fraction of sp³-hybridized carbons (Fsp3) is 0.0909. The summed E-state index contributed by atoms with van der Waals surface area (Å²) < 4.78 is 27.9. The Labute approximate surface area is 120 Å². The summed E-state index contributed by atoms with van der Waals surface area (Å²) in [5.74, 6) is -0.102. The highest BCUT2D eigenvalue weighted by molar-refractivity contribution is 7.92. The van der Waals surface area contributed by atoms with Gasteiger partial charge in [0.25, 0.3) is 10.0 Å². The zero-order valence-corrected chi connectivity index (χ0v) is 11.9. The Bertz CT molecular complexity index is 807. The Hall–Kier alpha value is -2.24. The van der Waals surface area contributed by atoms with E-state index in [1.165, 1.54) is 29.1 Å². The van der Waals surface area contributed by atoms with E-state index in [0.717, 1.165) is 0 Å². The third kappa shape index (κ3) is 2.68. The maximum atomic E-state index is 12.2. The number of anilines is 2. The van der Waals surface area contributed by atoms with Crippen molar-refractivity contribution in [3.8, 4) is 6.07 Å². The topological polar surface area (TPSA) is 114 Å². The monoisotopic (exact) mass is 311 g/mol. The molecule has 0 spiro atoms. The minimum atomic E-state index is -3.87. The molecule has 0 saturated carbocycles. The molecule has 0 bridgehead atoms. The van der Waals surface area contributed by atoms with Gasteiger partial charge < -0.3 is 5.73 Å². The zero-order valence-electron chi connectivity index (χ0n) is 10.3. The number of aromatic nitrogens is 2. The summed E-state index contributed by atoms with van der Waals surface area (Å²) in [7, 11) is -2.31. The number of nitrogens with one attached hydrogen (secondary N) is 1. The number of hydrogen-bond acceptors (Lipinski definition) is 5. The minimum absolute atomic E-state index is 0.102. The molecule has 0 atom stereocenters. The standard InChI is InChI=1S/C11H10ClN5O2S/c1-17-6-10(11(14)15-17)20(18,19)16-8-2-3-9(12)7(4-8)5-13/h2-4,6,16H,1H3,(H2,14,15). The molecule has 104 valence electrons. The van der Waals surface area contributed by atoms with Crippen LogP contribution in [-0.2, 0) is 17.1 Å². The van der Waals surface area contributed by atoms with Gasteiger partial charge >= 0.3 is 0 Å². The summed E-state index contributed by atoms with van der Waals surface area (Å²) >= 11 is 5.78. The number of nitrogens with zero attached hydrogens (tertiary/aromatic N) is 3. The van der Waals surface area contributed by atoms with Crippen molar-refractivity contribution in [1.29, 1.82) is 5.26 Å². The molecule has 0 aliphatic rings. The van der Waals surface area contributed by atoms with Crippen LogP contribution in [0.15, 0.2) is 29.3 Å². The Balaban J connectivity index is 2.39. The van der Waals surface area contributed by atoms with E-state index in [-0.39, 0.29) is 27.0 Å². The molecule has 1 aromatic carbocycles. The number of nitrogen functional groups attached to an aromatic ring is 1. The van der Waals surface area contributed by atoms with E-state index in [1.54, 1.807) is 7.05 Å². The van der Waals surface area contributed by atoms with Gasteiger partial charge in [-0.3, -0.25) is 9.40 Å². The lowest BCUT2D eigenvalue weighted by Crippen LogP contribution is -2.14. The second kappa shape index (κ2) is 5.03. The van der Waals surface area contributed by atoms with Gasteiger partial charge in [0, 0.05) is 13.2 Å². The molecule has 2 rings (SSSR count). The molecule has 20 heavy (non-hydrogen) atoms. The normalized spacial score (nSPS) is 11.1. The van der Waals surface area contributed by atoms with E-state index in [1.807, 2.05) is 6.07 Å². The predicted molar refractivity (Wildman–Crippen MR) is 74.6 cm³/mol. The number of halogens is 1. The molecule has 1 heterocycles. The van der Waals surface area contributed by atoms with Gasteiger partial charge in [-0.25, -0.2) is 8.42 Å². The van der Waals surface area contributed by atoms with Crippen LogP contribution < -0.4 is 10.5 Å². The van der Waals surface area contributed by atoms with Crippen molar-refractivity contribution in [2.45, 2.75) is 4.90 Å². The van der Waals surface area contributed by atoms with Gasteiger partial charge in [0.1, 0.15) is 11.0 Å². The predicted octanol–water partition coefficient (Wildman–Crippen LogP) is 1.33. The fourth-order valence-electron chi connectivity index (χ4n) is 1.58. The van der Waals surface area contributed by atoms with Gasteiger partial charge in [0.2, 0.25) is 0 Å². The van der Waals surface area contributed by atoms with Crippen molar-refractivity contribution in [3.63, 3.8) is 0 Å². The van der Waals surface area contributed by atoms with Crippen LogP contribution in [0.5, 0.6) is 0 Å². The molecule has 0 fully saturated rings. The Morgan fingerprint density at radius 2 is 2.20 bits per heavy atom. The van der Waals surface area contributed by atoms with Crippen molar-refractivity contribution in [2.24, 2.45) is 7.05 Å². The van der Waals surface area contributed by atoms with Crippen LogP contribution in [0.3, 0.4) is 0 Å². The van der Waals surface area contributed by atoms with Crippen molar-refractivity contribution in [3.05, 3.63) is 35.0 Å². The van der Waals surface area contributed by atoms with E-state index in [9.17, 15) is 8.42 Å². The van der Waals surface area contributed by atoms with E-state index in [2.05, 4.69) is 9.82 Å². The summed E-state index contributed by atoms with van der Waals surface area (Å²) in [6, 6.07) is 6.10. The van der Waals surface area contributed by atoms with Gasteiger partial charge in [-0.1, -0.05) is 11.6 Å². The van der Waals surface area contributed by atoms with Gasteiger partial charge in [-0.2, -0.15) is 10.4 Å². The highest BCUT2D eigenvalue weighted by Crippen LogP contribution is 2.23. The quantitative estimate of drug-likeness (QED) is 0.887. The lowest BCUT2D eigenvalue weighted by Gasteiger charge is -2.07. The number of benzene rings is 1. The number of nitriles is 1. The van der Waals surface area contributed by atoms with Crippen molar-refractivity contribution in [1.82, 2.24) is 9.78 Å². The first-order chi connectivity index (χ1) is 9.33. The van der Waals surface area contributed by atoms with Crippen LogP contribution in [0.25, 0.3) is 0 Å². The molecule has 0 saturated heterocycles. The largest absolute Gasteiger partial charge is 0.381 e. The number of aryl methyl sites for hydroxylation is 1. The molecular weight excluding hydrogens is 302 g/mol. The van der Waals surface area contributed by atoms with Crippen LogP contribution >= 0.6 is 11.6 Å². The van der Waals surface area contributed by atoms with Gasteiger partial charge in [0.15, 0.2) is 5.82 Å². The van der Waals surface area contributed by atoms with E-state index in [4.69, 9.17) is 22.6 Å². The molecule has 0 radical (unpaired) electrons. The molecule has 0 aliphatic carbocycles. The summed E-state index contributed by atoms with van der Waals surface area (Å²) in [6.07, 6.45) is 1.29. The Morgan fingerprint density at radius 3 is 2.75 bits per heavy atom. The lowest BCUT2D eigenvalue weighted by atomic mass is 10.2. The van der Waals surface area contributed by atoms with Crippen LogP contribution in [0, 0.1) is 11.3 Å². The molecule has 0 unspecified atom stereocenters. The molecular formula is C11H10ClN5O2S. The maximum Gasteiger partial charge on any atom is 0.267 e. The summed E-state index contributed by atoms with van der Waals surface area (Å²) in [5, 5.41) is 12.9. The lowest BCUT2D eigenvalue weighted by molar-refractivity contribution is 0.601. The third-order valence-corrected chi connectivity index (χ3v) is 4.18. The Morgan fingerprint density at radius 1 is 1.50 bits per heavy atom. The SMILES string of the molecule is Cn1cc(S(=O)(=O)Nc2ccc(Cl)c(C#N)c2)c(N)n1. The first kappa shape index (κ1) is 14.2. The van der Waals surface area contributed by atoms with E-state index >= 15 is 0 Å². The highest BCUT2D eigenvalue weighted by Gasteiger charge is 2.21. The zero-order chi connectivity index (χ0) is 14.9. The van der Waals surface area contributed by atoms with Crippen molar-refractivity contribution < 1.29 is 8.42 Å². The van der Waals surface area contributed by atoms with Crippen LogP contribution in [-0.4, -0.2) is 18.2 Å². The summed E-state index contributed by atoms with van der Waals surface area (Å²) in [6.45, 7) is 0. The number of rotatable bonds is 3. The molecule has 2 aromatic rings. The van der Waals surface area contributed by atoms with Crippen LogP contribution in [0.4, 0.5) is 11.5 Å². The fourth-order valence-corrected chi connectivity index (χ4v) is 2.89. The van der Waals surface area contributed by atoms with Crippen molar-refractivity contribution in [2.75, 3.05) is 10.5 Å². The molecule has 0 aliphatic heterocycles. The van der Waals surface area contributed by atoms with Gasteiger partial charge in [-0.15, -0.1) is 0 Å². The van der Waals surface area contributed by atoms with Crippen LogP contribution in [0.1, 0.15) is 5.56 Å². The van der Waals surface area contributed by atoms with Crippen LogP contribution in [0.2, 0.25) is 5.02 Å². The number of hydrogen-bond donors (Lipinski definition) is 2. The highest BCUT2D eigenvalue weighted by atomic mass is 35.5. The summed E-state index contributed by atoms with van der Waals surface area (Å²) in [5.41, 5.74) is 5.93. The van der Waals surface area contributed by atoms with Crippen molar-refractivity contribution >= 4 is 33.1 Å². The van der Waals surface area contributed by atoms with Gasteiger partial charge in [0.05, 0.1) is 16.3 Å². The van der Waals surface area contributed by atoms with E-state index in [0.29, 0.717) is 0 Å². The number of sulfonamides is 1.